The smallest absolute Gasteiger partial charge is 0.216 e. The highest BCUT2D eigenvalue weighted by Crippen LogP contribution is 2.18. The Hall–Kier alpha value is -2.01. The fourth-order valence-electron chi connectivity index (χ4n) is 1.96. The second-order valence-corrected chi connectivity index (χ2v) is 4.15. The molecule has 19 heavy (non-hydrogen) atoms. The maximum absolute atomic E-state index is 5.12. The SMILES string of the molecule is CCNC(Cc1cc(OC)ncn1)c1ccncc1. The van der Waals surface area contributed by atoms with Gasteiger partial charge in [-0.1, -0.05) is 6.92 Å². The summed E-state index contributed by atoms with van der Waals surface area (Å²) < 4.78 is 5.12. The lowest BCUT2D eigenvalue weighted by atomic mass is 10.0. The van der Waals surface area contributed by atoms with Crippen LogP contribution >= 0.6 is 0 Å². The van der Waals surface area contributed by atoms with Crippen LogP contribution in [0.15, 0.2) is 36.9 Å². The molecule has 1 atom stereocenters. The van der Waals surface area contributed by atoms with Gasteiger partial charge in [0.15, 0.2) is 0 Å². The lowest BCUT2D eigenvalue weighted by Gasteiger charge is -2.17. The summed E-state index contributed by atoms with van der Waals surface area (Å²) in [5, 5.41) is 3.46. The molecule has 0 aromatic carbocycles. The van der Waals surface area contributed by atoms with E-state index in [0.29, 0.717) is 5.88 Å². The van der Waals surface area contributed by atoms with Gasteiger partial charge in [0, 0.05) is 36.6 Å². The minimum atomic E-state index is 0.215. The van der Waals surface area contributed by atoms with Gasteiger partial charge in [-0.15, -0.1) is 0 Å². The third kappa shape index (κ3) is 3.72. The number of methoxy groups -OCH3 is 1. The molecule has 0 aliphatic heterocycles. The molecule has 0 fully saturated rings. The Labute approximate surface area is 113 Å². The average Bonchev–Trinajstić information content (AvgIpc) is 2.48. The van der Waals surface area contributed by atoms with Crippen LogP contribution in [0.1, 0.15) is 24.2 Å². The number of nitrogens with one attached hydrogen (secondary N) is 1. The Morgan fingerprint density at radius 2 is 2.05 bits per heavy atom. The van der Waals surface area contributed by atoms with E-state index in [-0.39, 0.29) is 6.04 Å². The molecule has 0 spiro atoms. The van der Waals surface area contributed by atoms with E-state index in [1.807, 2.05) is 18.2 Å². The maximum Gasteiger partial charge on any atom is 0.216 e. The maximum atomic E-state index is 5.12. The van der Waals surface area contributed by atoms with Crippen molar-refractivity contribution in [3.05, 3.63) is 48.2 Å². The van der Waals surface area contributed by atoms with Crippen molar-refractivity contribution in [2.45, 2.75) is 19.4 Å². The van der Waals surface area contributed by atoms with Crippen LogP contribution in [-0.4, -0.2) is 28.6 Å². The first kappa shape index (κ1) is 13.4. The summed E-state index contributed by atoms with van der Waals surface area (Å²) in [5.74, 6) is 0.593. The number of nitrogens with zero attached hydrogens (tertiary/aromatic N) is 3. The standard InChI is InChI=1S/C14H18N4O/c1-3-16-13(11-4-6-15-7-5-11)8-12-9-14(19-2)18-10-17-12/h4-7,9-10,13,16H,3,8H2,1-2H3. The van der Waals surface area contributed by atoms with Gasteiger partial charge in [0.2, 0.25) is 5.88 Å². The van der Waals surface area contributed by atoms with Gasteiger partial charge < -0.3 is 10.1 Å². The van der Waals surface area contributed by atoms with Gasteiger partial charge >= 0.3 is 0 Å². The molecular weight excluding hydrogens is 240 g/mol. The van der Waals surface area contributed by atoms with Gasteiger partial charge in [-0.05, 0) is 24.2 Å². The summed E-state index contributed by atoms with van der Waals surface area (Å²) in [6, 6.07) is 6.12. The van der Waals surface area contributed by atoms with Crippen LogP contribution in [0.2, 0.25) is 0 Å². The van der Waals surface area contributed by atoms with Gasteiger partial charge in [-0.25, -0.2) is 9.97 Å². The number of ether oxygens (including phenoxy) is 1. The molecule has 2 heterocycles. The van der Waals surface area contributed by atoms with E-state index in [1.54, 1.807) is 19.5 Å². The number of aromatic nitrogens is 3. The predicted octanol–water partition coefficient (Wildman–Crippen LogP) is 1.77. The van der Waals surface area contributed by atoms with Crippen molar-refractivity contribution in [1.82, 2.24) is 20.3 Å². The van der Waals surface area contributed by atoms with Gasteiger partial charge in [-0.3, -0.25) is 4.98 Å². The molecule has 1 N–H and O–H groups in total. The van der Waals surface area contributed by atoms with Crippen molar-refractivity contribution < 1.29 is 4.74 Å². The topological polar surface area (TPSA) is 59.9 Å². The zero-order valence-electron chi connectivity index (χ0n) is 11.2. The Bertz CT molecular complexity index is 504. The Balaban J connectivity index is 2.16. The van der Waals surface area contributed by atoms with Crippen LogP contribution in [0, 0.1) is 0 Å². The molecule has 0 saturated carbocycles. The predicted molar refractivity (Wildman–Crippen MR) is 72.9 cm³/mol. The van der Waals surface area contributed by atoms with E-state index in [1.165, 1.54) is 11.9 Å². The van der Waals surface area contributed by atoms with Crippen molar-refractivity contribution in [3.63, 3.8) is 0 Å². The minimum Gasteiger partial charge on any atom is -0.481 e. The molecule has 0 bridgehead atoms. The van der Waals surface area contributed by atoms with Crippen molar-refractivity contribution in [2.75, 3.05) is 13.7 Å². The van der Waals surface area contributed by atoms with Crippen LogP contribution in [-0.2, 0) is 6.42 Å². The second kappa shape index (κ2) is 6.80. The molecule has 0 aliphatic rings. The molecule has 5 nitrogen and oxygen atoms in total. The van der Waals surface area contributed by atoms with Crippen LogP contribution < -0.4 is 10.1 Å². The first-order valence-electron chi connectivity index (χ1n) is 6.31. The lowest BCUT2D eigenvalue weighted by molar-refractivity contribution is 0.395. The highest BCUT2D eigenvalue weighted by Gasteiger charge is 2.12. The van der Waals surface area contributed by atoms with Crippen molar-refractivity contribution in [1.29, 1.82) is 0 Å². The monoisotopic (exact) mass is 258 g/mol. The quantitative estimate of drug-likeness (QED) is 0.855. The molecule has 5 heteroatoms. The normalized spacial score (nSPS) is 12.1. The highest BCUT2D eigenvalue weighted by molar-refractivity contribution is 5.20. The zero-order valence-corrected chi connectivity index (χ0v) is 11.2. The largest absolute Gasteiger partial charge is 0.481 e. The summed E-state index contributed by atoms with van der Waals surface area (Å²) in [5.41, 5.74) is 2.16. The molecule has 0 aliphatic carbocycles. The van der Waals surface area contributed by atoms with E-state index < -0.39 is 0 Å². The van der Waals surface area contributed by atoms with E-state index >= 15 is 0 Å². The molecule has 2 rings (SSSR count). The third-order valence-electron chi connectivity index (χ3n) is 2.88. The van der Waals surface area contributed by atoms with Gasteiger partial charge in [-0.2, -0.15) is 0 Å². The molecule has 0 saturated heterocycles. The molecule has 100 valence electrons. The summed E-state index contributed by atoms with van der Waals surface area (Å²) in [6.07, 6.45) is 5.93. The first-order chi connectivity index (χ1) is 9.33. The molecule has 0 radical (unpaired) electrons. The van der Waals surface area contributed by atoms with Crippen LogP contribution in [0.5, 0.6) is 5.88 Å². The van der Waals surface area contributed by atoms with E-state index in [9.17, 15) is 0 Å². The third-order valence-corrected chi connectivity index (χ3v) is 2.88. The van der Waals surface area contributed by atoms with Gasteiger partial charge in [0.05, 0.1) is 7.11 Å². The first-order valence-corrected chi connectivity index (χ1v) is 6.31. The molecular formula is C14H18N4O. The van der Waals surface area contributed by atoms with Crippen molar-refractivity contribution in [2.24, 2.45) is 0 Å². The number of pyridine rings is 1. The van der Waals surface area contributed by atoms with Crippen molar-refractivity contribution >= 4 is 0 Å². The highest BCUT2D eigenvalue weighted by atomic mass is 16.5. The number of hydrogen-bond acceptors (Lipinski definition) is 5. The summed E-state index contributed by atoms with van der Waals surface area (Å²) in [7, 11) is 1.61. The second-order valence-electron chi connectivity index (χ2n) is 4.15. The van der Waals surface area contributed by atoms with Crippen LogP contribution in [0.4, 0.5) is 0 Å². The fourth-order valence-corrected chi connectivity index (χ4v) is 1.96. The van der Waals surface area contributed by atoms with Gasteiger partial charge in [0.25, 0.3) is 0 Å². The lowest BCUT2D eigenvalue weighted by Crippen LogP contribution is -2.23. The fraction of sp³-hybridized carbons (Fsp3) is 0.357. The Kier molecular flexibility index (Phi) is 4.80. The molecule has 1 unspecified atom stereocenters. The van der Waals surface area contributed by atoms with E-state index in [0.717, 1.165) is 18.7 Å². The van der Waals surface area contributed by atoms with E-state index in [4.69, 9.17) is 4.74 Å². The number of likely N-dealkylation sites (N-methyl/N-ethyl adjacent to an activating group) is 1. The molecule has 0 amide bonds. The summed E-state index contributed by atoms with van der Waals surface area (Å²) in [6.45, 7) is 2.99. The van der Waals surface area contributed by atoms with Gasteiger partial charge in [0.1, 0.15) is 6.33 Å². The summed E-state index contributed by atoms with van der Waals surface area (Å²) >= 11 is 0. The van der Waals surface area contributed by atoms with Crippen LogP contribution in [0.3, 0.4) is 0 Å². The van der Waals surface area contributed by atoms with Crippen molar-refractivity contribution in [3.8, 4) is 5.88 Å². The zero-order chi connectivity index (χ0) is 13.5. The molecule has 2 aromatic rings. The average molecular weight is 258 g/mol. The number of hydrogen-bond donors (Lipinski definition) is 1. The molecule has 2 aromatic heterocycles. The Morgan fingerprint density at radius 3 is 2.74 bits per heavy atom. The Morgan fingerprint density at radius 1 is 1.26 bits per heavy atom. The number of rotatable bonds is 6. The summed E-state index contributed by atoms with van der Waals surface area (Å²) in [4.78, 5) is 12.4. The van der Waals surface area contributed by atoms with E-state index in [2.05, 4.69) is 27.2 Å². The minimum absolute atomic E-state index is 0.215. The van der Waals surface area contributed by atoms with Crippen LogP contribution in [0.25, 0.3) is 0 Å².